The first-order chi connectivity index (χ1) is 8.07. The highest BCUT2D eigenvalue weighted by Crippen LogP contribution is 2.38. The van der Waals surface area contributed by atoms with E-state index < -0.39 is 46.6 Å². The molecule has 1 N–H and O–H groups in total. The fourth-order valence-corrected chi connectivity index (χ4v) is 1.17. The molecule has 1 rings (SSSR count). The van der Waals surface area contributed by atoms with Gasteiger partial charge in [-0.15, -0.1) is 0 Å². The van der Waals surface area contributed by atoms with Crippen LogP contribution in [0.4, 0.5) is 36.4 Å². The number of amides is 1. The Morgan fingerprint density at radius 1 is 0.944 bits per heavy atom. The Labute approximate surface area is 95.4 Å². The van der Waals surface area contributed by atoms with E-state index in [0.717, 1.165) is 6.92 Å². The molecule has 1 aromatic carbocycles. The van der Waals surface area contributed by atoms with Crippen LogP contribution in [-0.4, -0.2) is 5.91 Å². The standard InChI is InChI=1S/C9H4F7NO/c1-2(18)17-8-5(11)3(9(14,15)16)4(10)6(12)7(8)13/h1H3,(H,17,18). The normalized spacial score (nSPS) is 11.6. The average Bonchev–Trinajstić information content (AvgIpc) is 2.19. The molecule has 0 aliphatic carbocycles. The zero-order valence-electron chi connectivity index (χ0n) is 8.55. The van der Waals surface area contributed by atoms with Crippen LogP contribution in [0.2, 0.25) is 0 Å². The van der Waals surface area contributed by atoms with Gasteiger partial charge in [0.25, 0.3) is 0 Å². The molecule has 2 nitrogen and oxygen atoms in total. The van der Waals surface area contributed by atoms with Crippen LogP contribution < -0.4 is 5.32 Å². The number of hydrogen-bond donors (Lipinski definition) is 1. The maximum Gasteiger partial charge on any atom is 0.422 e. The minimum atomic E-state index is -5.57. The third-order valence-electron chi connectivity index (χ3n) is 1.85. The van der Waals surface area contributed by atoms with Gasteiger partial charge >= 0.3 is 6.18 Å². The molecule has 0 aromatic heterocycles. The molecule has 0 fully saturated rings. The molecule has 1 aromatic rings. The Bertz CT molecular complexity index is 509. The molecule has 9 heteroatoms. The molecule has 1 amide bonds. The Balaban J connectivity index is 3.65. The Morgan fingerprint density at radius 2 is 1.44 bits per heavy atom. The van der Waals surface area contributed by atoms with Gasteiger partial charge in [0.05, 0.1) is 0 Å². The summed E-state index contributed by atoms with van der Waals surface area (Å²) in [4.78, 5) is 10.5. The summed E-state index contributed by atoms with van der Waals surface area (Å²) in [5.74, 6) is -11.0. The molecule has 0 atom stereocenters. The molecule has 0 unspecified atom stereocenters. The lowest BCUT2D eigenvalue weighted by Crippen LogP contribution is -2.19. The topological polar surface area (TPSA) is 29.1 Å². The molecule has 0 bridgehead atoms. The summed E-state index contributed by atoms with van der Waals surface area (Å²) in [6, 6.07) is 0. The molecule has 0 heterocycles. The number of carbonyl (C=O) groups is 1. The second-order valence-corrected chi connectivity index (χ2v) is 3.18. The summed E-state index contributed by atoms with van der Waals surface area (Å²) < 4.78 is 88.7. The zero-order chi connectivity index (χ0) is 14.2. The van der Waals surface area contributed by atoms with Crippen molar-refractivity contribution in [3.8, 4) is 0 Å². The van der Waals surface area contributed by atoms with E-state index in [2.05, 4.69) is 0 Å². The van der Waals surface area contributed by atoms with Gasteiger partial charge in [-0.25, -0.2) is 17.6 Å². The fraction of sp³-hybridized carbons (Fsp3) is 0.222. The van der Waals surface area contributed by atoms with Gasteiger partial charge in [0, 0.05) is 6.92 Å². The SMILES string of the molecule is CC(=O)Nc1c(F)c(F)c(F)c(C(F)(F)F)c1F. The number of carbonyl (C=O) groups excluding carboxylic acids is 1. The molecule has 18 heavy (non-hydrogen) atoms. The van der Waals surface area contributed by atoms with E-state index >= 15 is 0 Å². The van der Waals surface area contributed by atoms with Crippen molar-refractivity contribution in [1.82, 2.24) is 0 Å². The lowest BCUT2D eigenvalue weighted by Gasteiger charge is -2.14. The highest BCUT2D eigenvalue weighted by molar-refractivity contribution is 5.89. The van der Waals surface area contributed by atoms with E-state index in [1.807, 2.05) is 0 Å². The van der Waals surface area contributed by atoms with Crippen LogP contribution in [0.15, 0.2) is 0 Å². The van der Waals surface area contributed by atoms with Crippen molar-refractivity contribution in [1.29, 1.82) is 0 Å². The van der Waals surface area contributed by atoms with Crippen molar-refractivity contribution in [2.75, 3.05) is 5.32 Å². The van der Waals surface area contributed by atoms with Crippen LogP contribution in [-0.2, 0) is 11.0 Å². The van der Waals surface area contributed by atoms with E-state index in [9.17, 15) is 35.5 Å². The number of anilines is 1. The minimum absolute atomic E-state index is 0.730. The number of rotatable bonds is 1. The summed E-state index contributed by atoms with van der Waals surface area (Å²) >= 11 is 0. The highest BCUT2D eigenvalue weighted by atomic mass is 19.4. The Kier molecular flexibility index (Phi) is 3.54. The van der Waals surface area contributed by atoms with E-state index in [1.165, 1.54) is 5.32 Å². The van der Waals surface area contributed by atoms with Gasteiger partial charge in [-0.1, -0.05) is 0 Å². The lowest BCUT2D eigenvalue weighted by atomic mass is 10.1. The van der Waals surface area contributed by atoms with Crippen molar-refractivity contribution in [3.63, 3.8) is 0 Å². The molecule has 0 radical (unpaired) electrons. The third-order valence-corrected chi connectivity index (χ3v) is 1.85. The number of nitrogens with one attached hydrogen (secondary N) is 1. The fourth-order valence-electron chi connectivity index (χ4n) is 1.17. The molecule has 0 saturated heterocycles. The molecule has 100 valence electrons. The van der Waals surface area contributed by atoms with Crippen LogP contribution in [0, 0.1) is 23.3 Å². The summed E-state index contributed by atoms with van der Waals surface area (Å²) in [5.41, 5.74) is -4.29. The first-order valence-electron chi connectivity index (χ1n) is 4.28. The van der Waals surface area contributed by atoms with Crippen molar-refractivity contribution in [3.05, 3.63) is 28.8 Å². The van der Waals surface area contributed by atoms with Gasteiger partial charge < -0.3 is 5.32 Å². The van der Waals surface area contributed by atoms with Gasteiger partial charge in [0.2, 0.25) is 5.91 Å². The van der Waals surface area contributed by atoms with Crippen molar-refractivity contribution < 1.29 is 35.5 Å². The predicted octanol–water partition coefficient (Wildman–Crippen LogP) is 3.22. The van der Waals surface area contributed by atoms with Gasteiger partial charge in [0.1, 0.15) is 11.3 Å². The van der Waals surface area contributed by atoms with E-state index in [4.69, 9.17) is 0 Å². The molecule has 0 aliphatic heterocycles. The monoisotopic (exact) mass is 275 g/mol. The van der Waals surface area contributed by atoms with Crippen LogP contribution >= 0.6 is 0 Å². The van der Waals surface area contributed by atoms with Crippen molar-refractivity contribution in [2.24, 2.45) is 0 Å². The summed E-state index contributed by atoms with van der Waals surface area (Å²) in [6.45, 7) is 0.730. The number of hydrogen-bond acceptors (Lipinski definition) is 1. The smallest absolute Gasteiger partial charge is 0.321 e. The summed E-state index contributed by atoms with van der Waals surface area (Å²) in [5, 5.41) is 1.33. The summed E-state index contributed by atoms with van der Waals surface area (Å²) in [7, 11) is 0. The first kappa shape index (κ1) is 14.3. The third kappa shape index (κ3) is 2.39. The van der Waals surface area contributed by atoms with E-state index in [-0.39, 0.29) is 0 Å². The first-order valence-corrected chi connectivity index (χ1v) is 4.28. The highest BCUT2D eigenvalue weighted by Gasteiger charge is 2.42. The van der Waals surface area contributed by atoms with Crippen LogP contribution in [0.3, 0.4) is 0 Å². The summed E-state index contributed by atoms with van der Waals surface area (Å²) in [6.07, 6.45) is -5.57. The van der Waals surface area contributed by atoms with Crippen LogP contribution in [0.1, 0.15) is 12.5 Å². The lowest BCUT2D eigenvalue weighted by molar-refractivity contribution is -0.142. The van der Waals surface area contributed by atoms with Crippen LogP contribution in [0.5, 0.6) is 0 Å². The Hall–Kier alpha value is -1.80. The van der Waals surface area contributed by atoms with Crippen LogP contribution in [0.25, 0.3) is 0 Å². The largest absolute Gasteiger partial charge is 0.422 e. The van der Waals surface area contributed by atoms with Gasteiger partial charge in [-0.3, -0.25) is 4.79 Å². The molecule has 0 spiro atoms. The van der Waals surface area contributed by atoms with E-state index in [1.54, 1.807) is 0 Å². The zero-order valence-corrected chi connectivity index (χ0v) is 8.55. The maximum atomic E-state index is 13.2. The van der Waals surface area contributed by atoms with Gasteiger partial charge in [-0.2, -0.15) is 13.2 Å². The number of alkyl halides is 3. The molecule has 0 aliphatic rings. The van der Waals surface area contributed by atoms with Crippen molar-refractivity contribution >= 4 is 11.6 Å². The molecular weight excluding hydrogens is 271 g/mol. The van der Waals surface area contributed by atoms with Crippen molar-refractivity contribution in [2.45, 2.75) is 13.1 Å². The molecular formula is C9H4F7NO. The number of halogens is 7. The van der Waals surface area contributed by atoms with E-state index in [0.29, 0.717) is 0 Å². The maximum absolute atomic E-state index is 13.2. The Morgan fingerprint density at radius 3 is 1.83 bits per heavy atom. The minimum Gasteiger partial charge on any atom is -0.321 e. The van der Waals surface area contributed by atoms with Gasteiger partial charge in [-0.05, 0) is 0 Å². The predicted molar refractivity (Wildman–Crippen MR) is 45.6 cm³/mol. The second-order valence-electron chi connectivity index (χ2n) is 3.18. The quantitative estimate of drug-likeness (QED) is 0.476. The molecule has 0 saturated carbocycles. The number of benzene rings is 1. The van der Waals surface area contributed by atoms with Gasteiger partial charge in [0.15, 0.2) is 23.3 Å². The average molecular weight is 275 g/mol. The second kappa shape index (κ2) is 4.46.